The van der Waals surface area contributed by atoms with Gasteiger partial charge in [-0.2, -0.15) is 13.2 Å². The smallest absolute Gasteiger partial charge is 0.405 e. The monoisotopic (exact) mass is 260 g/mol. The molecule has 0 amide bonds. The third-order valence-corrected chi connectivity index (χ3v) is 1.75. The van der Waals surface area contributed by atoms with Gasteiger partial charge < -0.3 is 9.84 Å². The topological polar surface area (TPSA) is 29.5 Å². The highest BCUT2D eigenvalue weighted by molar-refractivity contribution is 5.35. The minimum atomic E-state index is -5.12. The van der Waals surface area contributed by atoms with Crippen LogP contribution in [0, 0.1) is 0 Å². The first-order chi connectivity index (χ1) is 7.61. The van der Waals surface area contributed by atoms with Crippen LogP contribution in [0.3, 0.4) is 0 Å². The molecule has 0 spiro atoms. The molecule has 1 atom stereocenters. The number of benzene rings is 1. The summed E-state index contributed by atoms with van der Waals surface area (Å²) in [5.74, 6) is -1.08. The van der Waals surface area contributed by atoms with Crippen molar-refractivity contribution in [2.75, 3.05) is 0 Å². The summed E-state index contributed by atoms with van der Waals surface area (Å²) in [6.45, 7) is 0. The summed E-state index contributed by atoms with van der Waals surface area (Å²) in [6.07, 6.45) is -13.2. The molecule has 8 heteroatoms. The molecule has 0 saturated carbocycles. The van der Waals surface area contributed by atoms with Gasteiger partial charge in [-0.25, -0.2) is 0 Å². The van der Waals surface area contributed by atoms with Gasteiger partial charge in [0.05, 0.1) is 0 Å². The molecule has 96 valence electrons. The predicted molar refractivity (Wildman–Crippen MR) is 44.1 cm³/mol. The van der Waals surface area contributed by atoms with Gasteiger partial charge in [0.2, 0.25) is 0 Å². The van der Waals surface area contributed by atoms with E-state index in [2.05, 4.69) is 4.74 Å². The first kappa shape index (κ1) is 13.6. The minimum Gasteiger partial charge on any atom is -0.405 e. The third kappa shape index (κ3) is 3.81. The SMILES string of the molecule is O[C@H](c1ccccc1OC(F)(F)F)C(F)(F)F. The van der Waals surface area contributed by atoms with Crippen LogP contribution in [0.4, 0.5) is 26.3 Å². The van der Waals surface area contributed by atoms with Gasteiger partial charge in [-0.3, -0.25) is 0 Å². The molecular weight excluding hydrogens is 254 g/mol. The predicted octanol–water partition coefficient (Wildman–Crippen LogP) is 3.18. The van der Waals surface area contributed by atoms with E-state index in [1.165, 1.54) is 0 Å². The summed E-state index contributed by atoms with van der Waals surface area (Å²) in [5, 5.41) is 8.86. The molecule has 0 aliphatic rings. The summed E-state index contributed by atoms with van der Waals surface area (Å²) >= 11 is 0. The fourth-order valence-electron chi connectivity index (χ4n) is 1.10. The summed E-state index contributed by atoms with van der Waals surface area (Å²) in [7, 11) is 0. The van der Waals surface area contributed by atoms with Crippen molar-refractivity contribution in [3.05, 3.63) is 29.8 Å². The molecular formula is C9H6F6O2. The van der Waals surface area contributed by atoms with Gasteiger partial charge in [0, 0.05) is 5.56 Å². The lowest BCUT2D eigenvalue weighted by molar-refractivity contribution is -0.276. The Balaban J connectivity index is 3.08. The summed E-state index contributed by atoms with van der Waals surface area (Å²) in [4.78, 5) is 0. The lowest BCUT2D eigenvalue weighted by atomic mass is 10.1. The molecule has 0 aliphatic heterocycles. The van der Waals surface area contributed by atoms with Crippen molar-refractivity contribution < 1.29 is 36.2 Å². The maximum absolute atomic E-state index is 12.2. The van der Waals surface area contributed by atoms with Crippen LogP contribution < -0.4 is 4.74 Å². The van der Waals surface area contributed by atoms with Crippen molar-refractivity contribution in [1.29, 1.82) is 0 Å². The molecule has 0 aromatic heterocycles. The number of para-hydroxylation sites is 1. The molecule has 0 aliphatic carbocycles. The second kappa shape index (κ2) is 4.44. The van der Waals surface area contributed by atoms with Crippen molar-refractivity contribution in [3.8, 4) is 5.75 Å². The van der Waals surface area contributed by atoms with Gasteiger partial charge in [0.25, 0.3) is 0 Å². The Morgan fingerprint density at radius 2 is 1.53 bits per heavy atom. The number of aliphatic hydroxyl groups excluding tert-OH is 1. The molecule has 2 nitrogen and oxygen atoms in total. The Morgan fingerprint density at radius 1 is 1.00 bits per heavy atom. The van der Waals surface area contributed by atoms with E-state index in [0.29, 0.717) is 12.1 Å². The van der Waals surface area contributed by atoms with Gasteiger partial charge in [-0.05, 0) is 6.07 Å². The first-order valence-electron chi connectivity index (χ1n) is 4.21. The summed E-state index contributed by atoms with van der Waals surface area (Å²) < 4.78 is 75.6. The molecule has 1 rings (SSSR count). The first-order valence-corrected chi connectivity index (χ1v) is 4.21. The van der Waals surface area contributed by atoms with Gasteiger partial charge in [0.15, 0.2) is 6.10 Å². The largest absolute Gasteiger partial charge is 0.573 e. The summed E-state index contributed by atoms with van der Waals surface area (Å²) in [5.41, 5.74) is -0.989. The van der Waals surface area contributed by atoms with E-state index < -0.39 is 30.0 Å². The van der Waals surface area contributed by atoms with E-state index in [1.807, 2.05) is 0 Å². The fraction of sp³-hybridized carbons (Fsp3) is 0.333. The second-order valence-electron chi connectivity index (χ2n) is 3.03. The van der Waals surface area contributed by atoms with Crippen LogP contribution in [-0.4, -0.2) is 17.6 Å². The number of hydrogen-bond acceptors (Lipinski definition) is 2. The average molecular weight is 260 g/mol. The number of alkyl halides is 6. The molecule has 1 N–H and O–H groups in total. The van der Waals surface area contributed by atoms with Gasteiger partial charge >= 0.3 is 12.5 Å². The molecule has 0 unspecified atom stereocenters. The highest BCUT2D eigenvalue weighted by Crippen LogP contribution is 2.38. The van der Waals surface area contributed by atoms with Crippen molar-refractivity contribution in [2.45, 2.75) is 18.6 Å². The van der Waals surface area contributed by atoms with Gasteiger partial charge in [0.1, 0.15) is 5.75 Å². The molecule has 0 radical (unpaired) electrons. The zero-order valence-electron chi connectivity index (χ0n) is 8.01. The second-order valence-corrected chi connectivity index (χ2v) is 3.03. The fourth-order valence-corrected chi connectivity index (χ4v) is 1.10. The van der Waals surface area contributed by atoms with E-state index in [1.54, 1.807) is 0 Å². The number of aliphatic hydroxyl groups is 1. The van der Waals surface area contributed by atoms with Crippen LogP contribution in [0.2, 0.25) is 0 Å². The Kier molecular flexibility index (Phi) is 3.56. The zero-order chi connectivity index (χ0) is 13.3. The number of halogens is 6. The molecule has 0 fully saturated rings. The normalized spacial score (nSPS) is 14.5. The zero-order valence-corrected chi connectivity index (χ0v) is 8.01. The van der Waals surface area contributed by atoms with Gasteiger partial charge in [-0.15, -0.1) is 13.2 Å². The number of hydrogen-bond donors (Lipinski definition) is 1. The van der Waals surface area contributed by atoms with Crippen LogP contribution in [0.5, 0.6) is 5.75 Å². The van der Waals surface area contributed by atoms with E-state index in [4.69, 9.17) is 5.11 Å². The van der Waals surface area contributed by atoms with E-state index in [0.717, 1.165) is 12.1 Å². The van der Waals surface area contributed by atoms with Crippen molar-refractivity contribution in [3.63, 3.8) is 0 Å². The Bertz CT molecular complexity index is 384. The number of ether oxygens (including phenoxy) is 1. The lowest BCUT2D eigenvalue weighted by Crippen LogP contribution is -2.23. The van der Waals surface area contributed by atoms with E-state index >= 15 is 0 Å². The molecule has 1 aromatic rings. The lowest BCUT2D eigenvalue weighted by Gasteiger charge is -2.18. The van der Waals surface area contributed by atoms with Crippen molar-refractivity contribution in [1.82, 2.24) is 0 Å². The van der Waals surface area contributed by atoms with Crippen molar-refractivity contribution >= 4 is 0 Å². The highest BCUT2D eigenvalue weighted by Gasteiger charge is 2.42. The van der Waals surface area contributed by atoms with Crippen LogP contribution in [0.25, 0.3) is 0 Å². The maximum atomic E-state index is 12.2. The minimum absolute atomic E-state index is 0.692. The maximum Gasteiger partial charge on any atom is 0.573 e. The molecule has 17 heavy (non-hydrogen) atoms. The van der Waals surface area contributed by atoms with Crippen molar-refractivity contribution in [2.24, 2.45) is 0 Å². The quantitative estimate of drug-likeness (QED) is 0.827. The van der Waals surface area contributed by atoms with Crippen LogP contribution in [0.1, 0.15) is 11.7 Å². The van der Waals surface area contributed by atoms with Crippen LogP contribution >= 0.6 is 0 Å². The molecule has 0 saturated heterocycles. The Labute approximate surface area is 91.4 Å². The van der Waals surface area contributed by atoms with Crippen LogP contribution in [-0.2, 0) is 0 Å². The number of rotatable bonds is 2. The third-order valence-electron chi connectivity index (χ3n) is 1.75. The standard InChI is InChI=1S/C9H6F6O2/c10-8(11,12)7(16)5-3-1-2-4-6(5)17-9(13,14)15/h1-4,7,16H/t7-/m1/s1. The molecule has 0 heterocycles. The average Bonchev–Trinajstić information content (AvgIpc) is 2.13. The van der Waals surface area contributed by atoms with Crippen LogP contribution in [0.15, 0.2) is 24.3 Å². The highest BCUT2D eigenvalue weighted by atomic mass is 19.4. The summed E-state index contributed by atoms with van der Waals surface area (Å²) in [6, 6.07) is 3.53. The molecule has 0 bridgehead atoms. The van der Waals surface area contributed by atoms with Gasteiger partial charge in [-0.1, -0.05) is 18.2 Å². The Morgan fingerprint density at radius 3 is 2.00 bits per heavy atom. The Hall–Kier alpha value is -1.44. The molecule has 1 aromatic carbocycles. The van der Waals surface area contributed by atoms with E-state index in [-0.39, 0.29) is 0 Å². The van der Waals surface area contributed by atoms with E-state index in [9.17, 15) is 26.3 Å².